The van der Waals surface area contributed by atoms with Crippen molar-refractivity contribution in [1.82, 2.24) is 4.90 Å². The van der Waals surface area contributed by atoms with Crippen LogP contribution in [0.1, 0.15) is 41.6 Å². The monoisotopic (exact) mass is 248 g/mol. The van der Waals surface area contributed by atoms with Crippen molar-refractivity contribution in [2.24, 2.45) is 5.73 Å². The van der Waals surface area contributed by atoms with E-state index in [2.05, 4.69) is 11.9 Å². The van der Waals surface area contributed by atoms with Gasteiger partial charge in [0.15, 0.2) is 11.5 Å². The third kappa shape index (κ3) is 1.52. The van der Waals surface area contributed by atoms with E-state index in [1.807, 2.05) is 6.07 Å². The minimum absolute atomic E-state index is 0.0726. The lowest BCUT2D eigenvalue weighted by atomic mass is 9.78. The van der Waals surface area contributed by atoms with Crippen LogP contribution in [0.3, 0.4) is 0 Å². The molecule has 0 radical (unpaired) electrons. The van der Waals surface area contributed by atoms with Gasteiger partial charge < -0.3 is 15.6 Å². The number of hydrogen-bond acceptors (Lipinski definition) is 4. The van der Waals surface area contributed by atoms with E-state index in [1.165, 1.54) is 11.1 Å². The van der Waals surface area contributed by atoms with Gasteiger partial charge >= 0.3 is 0 Å². The van der Waals surface area contributed by atoms with Crippen LogP contribution in [0, 0.1) is 0 Å². The van der Waals surface area contributed by atoms with E-state index in [1.54, 1.807) is 7.11 Å². The number of nitrogens with two attached hydrogens (primary N) is 1. The number of methoxy groups -OCH3 is 1. The van der Waals surface area contributed by atoms with E-state index in [-0.39, 0.29) is 11.8 Å². The molecule has 18 heavy (non-hydrogen) atoms. The first kappa shape index (κ1) is 11.8. The minimum atomic E-state index is -0.0726. The smallest absolute Gasteiger partial charge is 0.162 e. The standard InChI is InChI=1S/C14H20N2O2/c1-16-6-5-8-7-11(18-2)14(17)13-9(15)3-4-10(16)12(8)13/h7,9-10,17H,3-6,15H2,1-2H3/t9-,10+/m1/s1. The molecule has 0 amide bonds. The van der Waals surface area contributed by atoms with Crippen molar-refractivity contribution in [3.05, 3.63) is 22.8 Å². The number of ether oxygens (including phenoxy) is 1. The zero-order valence-corrected chi connectivity index (χ0v) is 10.9. The molecule has 2 atom stereocenters. The molecule has 1 aliphatic carbocycles. The SMILES string of the molecule is COc1cc2c3c(c1O)[C@H](N)CC[C@@H]3N(C)CC2. The Hall–Kier alpha value is -1.26. The van der Waals surface area contributed by atoms with Gasteiger partial charge in [0.1, 0.15) is 0 Å². The highest BCUT2D eigenvalue weighted by Crippen LogP contribution is 2.49. The van der Waals surface area contributed by atoms with Crippen LogP contribution in [-0.4, -0.2) is 30.7 Å². The number of benzene rings is 1. The summed E-state index contributed by atoms with van der Waals surface area (Å²) in [7, 11) is 3.74. The maximum absolute atomic E-state index is 10.3. The largest absolute Gasteiger partial charge is 0.504 e. The Bertz CT molecular complexity index is 487. The predicted octanol–water partition coefficient (Wildman–Crippen LogP) is 1.72. The van der Waals surface area contributed by atoms with E-state index >= 15 is 0 Å². The van der Waals surface area contributed by atoms with E-state index < -0.39 is 0 Å². The summed E-state index contributed by atoms with van der Waals surface area (Å²) < 4.78 is 5.27. The van der Waals surface area contributed by atoms with Crippen molar-refractivity contribution in [3.8, 4) is 11.5 Å². The quantitative estimate of drug-likeness (QED) is 0.794. The maximum atomic E-state index is 10.3. The van der Waals surface area contributed by atoms with Crippen molar-refractivity contribution in [1.29, 1.82) is 0 Å². The topological polar surface area (TPSA) is 58.7 Å². The van der Waals surface area contributed by atoms with Crippen LogP contribution in [0.2, 0.25) is 0 Å². The van der Waals surface area contributed by atoms with Crippen LogP contribution >= 0.6 is 0 Å². The van der Waals surface area contributed by atoms with Crippen LogP contribution in [0.5, 0.6) is 11.5 Å². The summed E-state index contributed by atoms with van der Waals surface area (Å²) in [6.07, 6.45) is 2.99. The fraction of sp³-hybridized carbons (Fsp3) is 0.571. The van der Waals surface area contributed by atoms with Gasteiger partial charge in [-0.15, -0.1) is 0 Å². The Morgan fingerprint density at radius 1 is 1.39 bits per heavy atom. The normalized spacial score (nSPS) is 26.8. The van der Waals surface area contributed by atoms with Crippen molar-refractivity contribution in [3.63, 3.8) is 0 Å². The van der Waals surface area contributed by atoms with Gasteiger partial charge in [-0.1, -0.05) is 0 Å². The zero-order valence-electron chi connectivity index (χ0n) is 10.9. The Kier molecular flexibility index (Phi) is 2.72. The molecule has 2 aliphatic rings. The number of likely N-dealkylation sites (N-methyl/N-ethyl adjacent to an activating group) is 1. The molecule has 98 valence electrons. The first-order chi connectivity index (χ1) is 8.63. The molecule has 1 heterocycles. The molecule has 3 N–H and O–H groups in total. The molecule has 4 heteroatoms. The fourth-order valence-electron chi connectivity index (χ4n) is 3.39. The lowest BCUT2D eigenvalue weighted by molar-refractivity contribution is 0.198. The summed E-state index contributed by atoms with van der Waals surface area (Å²) in [4.78, 5) is 2.36. The zero-order chi connectivity index (χ0) is 12.9. The van der Waals surface area contributed by atoms with E-state index in [4.69, 9.17) is 10.5 Å². The minimum Gasteiger partial charge on any atom is -0.504 e. The summed E-state index contributed by atoms with van der Waals surface area (Å²) in [5, 5.41) is 10.3. The van der Waals surface area contributed by atoms with Gasteiger partial charge in [-0.2, -0.15) is 0 Å². The van der Waals surface area contributed by atoms with E-state index in [0.29, 0.717) is 11.8 Å². The van der Waals surface area contributed by atoms with Crippen LogP contribution in [-0.2, 0) is 6.42 Å². The molecule has 0 saturated carbocycles. The van der Waals surface area contributed by atoms with Gasteiger partial charge in [0.2, 0.25) is 0 Å². The molecule has 0 bridgehead atoms. The second-order valence-corrected chi connectivity index (χ2v) is 5.34. The van der Waals surface area contributed by atoms with Gasteiger partial charge in [0.25, 0.3) is 0 Å². The predicted molar refractivity (Wildman–Crippen MR) is 69.9 cm³/mol. The molecule has 0 saturated heterocycles. The molecule has 1 aromatic rings. The summed E-state index contributed by atoms with van der Waals surface area (Å²) >= 11 is 0. The average molecular weight is 248 g/mol. The molecule has 0 fully saturated rings. The van der Waals surface area contributed by atoms with Crippen molar-refractivity contribution in [2.45, 2.75) is 31.3 Å². The molecule has 1 aliphatic heterocycles. The van der Waals surface area contributed by atoms with Gasteiger partial charge in [0.05, 0.1) is 7.11 Å². The molecular weight excluding hydrogens is 228 g/mol. The molecule has 3 rings (SSSR count). The van der Waals surface area contributed by atoms with Gasteiger partial charge in [-0.25, -0.2) is 0 Å². The second kappa shape index (κ2) is 4.14. The number of nitrogens with zero attached hydrogens (tertiary/aromatic N) is 1. The number of aromatic hydroxyl groups is 1. The van der Waals surface area contributed by atoms with Crippen LogP contribution < -0.4 is 10.5 Å². The highest BCUT2D eigenvalue weighted by molar-refractivity contribution is 5.57. The van der Waals surface area contributed by atoms with Gasteiger partial charge in [-0.3, -0.25) is 4.90 Å². The van der Waals surface area contributed by atoms with Crippen LogP contribution in [0.25, 0.3) is 0 Å². The number of rotatable bonds is 1. The molecule has 0 aromatic heterocycles. The van der Waals surface area contributed by atoms with E-state index in [9.17, 15) is 5.11 Å². The Morgan fingerprint density at radius 2 is 2.17 bits per heavy atom. The number of phenolic OH excluding ortho intramolecular Hbond substituents is 1. The Morgan fingerprint density at radius 3 is 2.89 bits per heavy atom. The summed E-state index contributed by atoms with van der Waals surface area (Å²) in [5.74, 6) is 0.799. The summed E-state index contributed by atoms with van der Waals surface area (Å²) in [5.41, 5.74) is 9.64. The summed E-state index contributed by atoms with van der Waals surface area (Å²) in [6, 6.07) is 2.31. The Labute approximate surface area is 107 Å². The fourth-order valence-corrected chi connectivity index (χ4v) is 3.39. The number of phenols is 1. The lowest BCUT2D eigenvalue weighted by Crippen LogP contribution is -2.37. The van der Waals surface area contributed by atoms with Crippen molar-refractivity contribution in [2.75, 3.05) is 20.7 Å². The second-order valence-electron chi connectivity index (χ2n) is 5.34. The van der Waals surface area contributed by atoms with Gasteiger partial charge in [-0.05, 0) is 43.5 Å². The van der Waals surface area contributed by atoms with E-state index in [0.717, 1.165) is 31.4 Å². The molecule has 0 unspecified atom stereocenters. The highest BCUT2D eigenvalue weighted by atomic mass is 16.5. The first-order valence-electron chi connectivity index (χ1n) is 6.52. The number of hydrogen-bond donors (Lipinski definition) is 2. The lowest BCUT2D eigenvalue weighted by Gasteiger charge is -2.41. The maximum Gasteiger partial charge on any atom is 0.162 e. The van der Waals surface area contributed by atoms with Crippen molar-refractivity contribution >= 4 is 0 Å². The first-order valence-corrected chi connectivity index (χ1v) is 6.52. The average Bonchev–Trinajstić information content (AvgIpc) is 2.37. The summed E-state index contributed by atoms with van der Waals surface area (Å²) in [6.45, 7) is 1.06. The molecule has 1 aromatic carbocycles. The van der Waals surface area contributed by atoms with Crippen molar-refractivity contribution < 1.29 is 9.84 Å². The van der Waals surface area contributed by atoms with Crippen LogP contribution in [0.15, 0.2) is 6.07 Å². The molecule has 4 nitrogen and oxygen atoms in total. The third-order valence-corrected chi connectivity index (χ3v) is 4.37. The van der Waals surface area contributed by atoms with Gasteiger partial charge in [0, 0.05) is 24.2 Å². The molecule has 0 spiro atoms. The van der Waals surface area contributed by atoms with Crippen LogP contribution in [0.4, 0.5) is 0 Å². The Balaban J connectivity index is 2.25. The molecular formula is C14H20N2O2. The highest BCUT2D eigenvalue weighted by Gasteiger charge is 2.36. The third-order valence-electron chi connectivity index (χ3n) is 4.37.